The number of thioether (sulfide) groups is 1. The van der Waals surface area contributed by atoms with Crippen LogP contribution in [-0.2, 0) is 33.8 Å². The zero-order chi connectivity index (χ0) is 34.6. The van der Waals surface area contributed by atoms with Gasteiger partial charge in [-0.15, -0.1) is 21.5 Å². The van der Waals surface area contributed by atoms with Crippen molar-refractivity contribution in [2.24, 2.45) is 0 Å². The summed E-state index contributed by atoms with van der Waals surface area (Å²) < 4.78 is 22.7. The van der Waals surface area contributed by atoms with Crippen molar-refractivity contribution in [1.29, 1.82) is 0 Å². The van der Waals surface area contributed by atoms with Crippen LogP contribution in [0.5, 0.6) is 11.5 Å². The fourth-order valence-electron chi connectivity index (χ4n) is 4.60. The van der Waals surface area contributed by atoms with Crippen molar-refractivity contribution in [3.63, 3.8) is 0 Å². The van der Waals surface area contributed by atoms with Gasteiger partial charge < -0.3 is 34.1 Å². The monoisotopic (exact) mass is 695 g/mol. The first kappa shape index (κ1) is 36.0. The van der Waals surface area contributed by atoms with Gasteiger partial charge in [0.1, 0.15) is 21.4 Å². The number of nitrogens with zero attached hydrogens (tertiary/aromatic N) is 3. The van der Waals surface area contributed by atoms with Crippen molar-refractivity contribution < 1.29 is 38.1 Å². The fraction of sp³-hybridized carbons (Fsp3) is 0.333. The fourth-order valence-corrected chi connectivity index (χ4v) is 6.49. The number of rotatable bonds is 16. The summed E-state index contributed by atoms with van der Waals surface area (Å²) >= 11 is 2.11. The number of carbonyl (C=O) groups excluding carboxylic acids is 4. The SMILES string of the molecule is CCOC(=O)c1sc(NC(=O)CSc2nnc(CNC(=O)c3cc(OC)cc(OC)c3)n2CCc2ccccc2)c(C(=O)OCC)c1C. The lowest BCUT2D eigenvalue weighted by atomic mass is 10.1. The molecule has 2 heterocycles. The van der Waals surface area contributed by atoms with Crippen LogP contribution in [0.3, 0.4) is 0 Å². The number of hydrogen-bond donors (Lipinski definition) is 2. The molecule has 0 saturated carbocycles. The van der Waals surface area contributed by atoms with Crippen molar-refractivity contribution in [3.8, 4) is 11.5 Å². The van der Waals surface area contributed by atoms with Crippen LogP contribution in [0, 0.1) is 6.92 Å². The minimum Gasteiger partial charge on any atom is -0.497 e. The summed E-state index contributed by atoms with van der Waals surface area (Å²) in [6.45, 7) is 5.81. The molecule has 0 spiro atoms. The Hall–Kier alpha value is -4.89. The Bertz CT molecular complexity index is 1730. The van der Waals surface area contributed by atoms with E-state index in [-0.39, 0.29) is 46.9 Å². The maximum Gasteiger partial charge on any atom is 0.348 e. The summed E-state index contributed by atoms with van der Waals surface area (Å²) in [7, 11) is 3.01. The van der Waals surface area contributed by atoms with Gasteiger partial charge in [-0.2, -0.15) is 0 Å². The van der Waals surface area contributed by atoms with Gasteiger partial charge in [-0.25, -0.2) is 9.59 Å². The van der Waals surface area contributed by atoms with E-state index in [0.29, 0.717) is 46.6 Å². The third-order valence-corrected chi connectivity index (χ3v) is 9.11. The molecule has 2 aromatic heterocycles. The molecule has 0 fully saturated rings. The van der Waals surface area contributed by atoms with Gasteiger partial charge >= 0.3 is 11.9 Å². The van der Waals surface area contributed by atoms with E-state index in [2.05, 4.69) is 20.8 Å². The number of esters is 2. The molecule has 0 atom stereocenters. The molecule has 0 unspecified atom stereocenters. The number of ether oxygens (including phenoxy) is 4. The minimum absolute atomic E-state index is 0.0704. The molecule has 2 amide bonds. The van der Waals surface area contributed by atoms with Crippen LogP contribution in [-0.4, -0.2) is 71.7 Å². The van der Waals surface area contributed by atoms with Crippen molar-refractivity contribution in [2.75, 3.05) is 38.5 Å². The van der Waals surface area contributed by atoms with E-state index >= 15 is 0 Å². The van der Waals surface area contributed by atoms with Crippen LogP contribution in [0.1, 0.15) is 61.2 Å². The van der Waals surface area contributed by atoms with E-state index in [1.54, 1.807) is 39.0 Å². The van der Waals surface area contributed by atoms with Gasteiger partial charge in [0.25, 0.3) is 5.91 Å². The van der Waals surface area contributed by atoms with Gasteiger partial charge in [0.2, 0.25) is 5.91 Å². The smallest absolute Gasteiger partial charge is 0.348 e. The van der Waals surface area contributed by atoms with Gasteiger partial charge in [-0.1, -0.05) is 42.1 Å². The normalized spacial score (nSPS) is 10.7. The molecule has 0 aliphatic rings. The first-order chi connectivity index (χ1) is 23.2. The minimum atomic E-state index is -0.649. The number of methoxy groups -OCH3 is 2. The topological polar surface area (TPSA) is 160 Å². The summed E-state index contributed by atoms with van der Waals surface area (Å²) in [6.07, 6.45) is 0.653. The molecule has 0 radical (unpaired) electrons. The number of hydrogen-bond acceptors (Lipinski definition) is 12. The van der Waals surface area contributed by atoms with Crippen LogP contribution < -0.4 is 20.1 Å². The van der Waals surface area contributed by atoms with Gasteiger partial charge in [-0.05, 0) is 50.5 Å². The molecule has 48 heavy (non-hydrogen) atoms. The lowest BCUT2D eigenvalue weighted by Crippen LogP contribution is -2.25. The van der Waals surface area contributed by atoms with Crippen LogP contribution >= 0.6 is 23.1 Å². The summed E-state index contributed by atoms with van der Waals surface area (Å²) in [5.74, 6) is -0.645. The Kier molecular flexibility index (Phi) is 13.0. The third-order valence-electron chi connectivity index (χ3n) is 6.95. The predicted octanol–water partition coefficient (Wildman–Crippen LogP) is 4.92. The zero-order valence-corrected chi connectivity index (χ0v) is 28.9. The highest BCUT2D eigenvalue weighted by atomic mass is 32.2. The lowest BCUT2D eigenvalue weighted by molar-refractivity contribution is -0.113. The number of amides is 2. The standard InChI is InChI=1S/C33H37N5O8S2/c1-6-45-31(41)27-20(3)28(32(42)46-7-2)48-30(27)35-26(39)19-47-33-37-36-25(38(33)14-13-21-11-9-8-10-12-21)18-34-29(40)22-15-23(43-4)17-24(16-22)44-5/h8-12,15-17H,6-7,13-14,18-19H2,1-5H3,(H,34,40)(H,35,39). The number of aryl methyl sites for hydroxylation is 1. The van der Waals surface area contributed by atoms with Crippen LogP contribution in [0.15, 0.2) is 53.7 Å². The van der Waals surface area contributed by atoms with E-state index < -0.39 is 17.8 Å². The summed E-state index contributed by atoms with van der Waals surface area (Å²) in [5, 5.41) is 14.9. The second-order valence-electron chi connectivity index (χ2n) is 10.1. The van der Waals surface area contributed by atoms with E-state index in [4.69, 9.17) is 18.9 Å². The molecule has 13 nitrogen and oxygen atoms in total. The summed E-state index contributed by atoms with van der Waals surface area (Å²) in [5.41, 5.74) is 1.93. The number of thiophene rings is 1. The highest BCUT2D eigenvalue weighted by Crippen LogP contribution is 2.34. The molecule has 0 aliphatic heterocycles. The van der Waals surface area contributed by atoms with Crippen molar-refractivity contribution in [2.45, 2.75) is 45.4 Å². The Morgan fingerprint density at radius 1 is 0.917 bits per heavy atom. The zero-order valence-electron chi connectivity index (χ0n) is 27.3. The highest BCUT2D eigenvalue weighted by molar-refractivity contribution is 7.99. The third kappa shape index (κ3) is 9.13. The van der Waals surface area contributed by atoms with Crippen molar-refractivity contribution >= 4 is 51.9 Å². The second kappa shape index (κ2) is 17.3. The molecular weight excluding hydrogens is 659 g/mol. The van der Waals surface area contributed by atoms with Crippen LogP contribution in [0.4, 0.5) is 5.00 Å². The van der Waals surface area contributed by atoms with Crippen LogP contribution in [0.25, 0.3) is 0 Å². The molecule has 15 heteroatoms. The quantitative estimate of drug-likeness (QED) is 0.121. The average Bonchev–Trinajstić information content (AvgIpc) is 3.64. The molecule has 0 bridgehead atoms. The first-order valence-electron chi connectivity index (χ1n) is 15.1. The van der Waals surface area contributed by atoms with E-state index in [1.807, 2.05) is 34.9 Å². The molecule has 2 aromatic carbocycles. The summed E-state index contributed by atoms with van der Waals surface area (Å²) in [6, 6.07) is 14.8. The number of carbonyl (C=O) groups is 4. The van der Waals surface area contributed by atoms with Crippen LogP contribution in [0.2, 0.25) is 0 Å². The highest BCUT2D eigenvalue weighted by Gasteiger charge is 2.27. The van der Waals surface area contributed by atoms with E-state index in [1.165, 1.54) is 14.2 Å². The largest absolute Gasteiger partial charge is 0.497 e. The lowest BCUT2D eigenvalue weighted by Gasteiger charge is -2.12. The summed E-state index contributed by atoms with van der Waals surface area (Å²) in [4.78, 5) is 51.7. The van der Waals surface area contributed by atoms with Crippen molar-refractivity contribution in [3.05, 3.63) is 81.5 Å². The Labute approximate surface area is 286 Å². The van der Waals surface area contributed by atoms with Gasteiger partial charge in [-0.3, -0.25) is 9.59 Å². The number of anilines is 1. The Morgan fingerprint density at radius 2 is 1.58 bits per heavy atom. The second-order valence-corrected chi connectivity index (χ2v) is 12.1. The first-order valence-corrected chi connectivity index (χ1v) is 16.9. The molecule has 254 valence electrons. The van der Waals surface area contributed by atoms with E-state index in [9.17, 15) is 19.2 Å². The molecule has 2 N–H and O–H groups in total. The maximum absolute atomic E-state index is 13.2. The molecule has 0 aliphatic carbocycles. The molecular formula is C33H37N5O8S2. The Morgan fingerprint density at radius 3 is 2.23 bits per heavy atom. The number of nitrogens with one attached hydrogen (secondary N) is 2. The van der Waals surface area contributed by atoms with Gasteiger partial charge in [0.05, 0.1) is 45.3 Å². The molecule has 4 rings (SSSR count). The van der Waals surface area contributed by atoms with Gasteiger partial charge in [0.15, 0.2) is 11.0 Å². The average molecular weight is 696 g/mol. The maximum atomic E-state index is 13.2. The van der Waals surface area contributed by atoms with Crippen molar-refractivity contribution in [1.82, 2.24) is 20.1 Å². The molecule has 4 aromatic rings. The number of aromatic nitrogens is 3. The number of benzene rings is 2. The Balaban J connectivity index is 1.51. The molecule has 0 saturated heterocycles. The predicted molar refractivity (Wildman–Crippen MR) is 181 cm³/mol. The van der Waals surface area contributed by atoms with E-state index in [0.717, 1.165) is 28.7 Å². The van der Waals surface area contributed by atoms with Gasteiger partial charge in [0, 0.05) is 18.2 Å².